The van der Waals surface area contributed by atoms with Gasteiger partial charge in [-0.25, -0.2) is 4.79 Å². The molecule has 0 aromatic heterocycles. The molecule has 0 aliphatic rings. The van der Waals surface area contributed by atoms with E-state index in [1.165, 1.54) is 0 Å². The first-order valence-electron chi connectivity index (χ1n) is 2.17. The van der Waals surface area contributed by atoms with Gasteiger partial charge in [0.25, 0.3) is 0 Å². The molecule has 2 N–H and O–H groups in total. The average Bonchev–Trinajstić information content (AvgIpc) is 1.66. The molecule has 0 saturated carbocycles. The van der Waals surface area contributed by atoms with Crippen LogP contribution in [0.4, 0.5) is 0 Å². The van der Waals surface area contributed by atoms with Crippen LogP contribution in [-0.4, -0.2) is 36.0 Å². The van der Waals surface area contributed by atoms with E-state index in [2.05, 4.69) is 4.74 Å². The van der Waals surface area contributed by atoms with E-state index in [1.54, 1.807) is 0 Å². The van der Waals surface area contributed by atoms with E-state index in [4.69, 9.17) is 10.2 Å². The number of aliphatic hydroxyl groups excluding tert-OH is 1. The van der Waals surface area contributed by atoms with Crippen LogP contribution >= 0.6 is 0 Å². The molecule has 4 heteroatoms. The molecule has 0 amide bonds. The zero-order valence-corrected chi connectivity index (χ0v) is 4.33. The Morgan fingerprint density at radius 2 is 2.25 bits per heavy atom. The van der Waals surface area contributed by atoms with Crippen molar-refractivity contribution in [3.63, 3.8) is 0 Å². The molecule has 0 rings (SSSR count). The highest BCUT2D eigenvalue weighted by atomic mass is 16.5. The lowest BCUT2D eigenvalue weighted by molar-refractivity contribution is -0.142. The van der Waals surface area contributed by atoms with Gasteiger partial charge in [0.15, 0.2) is 0 Å². The van der Waals surface area contributed by atoms with Crippen LogP contribution in [0.15, 0.2) is 0 Å². The Morgan fingerprint density at radius 3 is 2.62 bits per heavy atom. The quantitative estimate of drug-likeness (QED) is 0.471. The van der Waals surface area contributed by atoms with Gasteiger partial charge in [0, 0.05) is 0 Å². The minimum absolute atomic E-state index is 0.0896. The molecule has 0 aromatic carbocycles. The third kappa shape index (κ3) is 5.39. The molecule has 48 valence electrons. The number of hydrogen-bond donors (Lipinski definition) is 2. The summed E-state index contributed by atoms with van der Waals surface area (Å²) < 4.78 is 4.39. The summed E-state index contributed by atoms with van der Waals surface area (Å²) in [5, 5.41) is 16.0. The standard InChI is InChI=1S/C4H8O4/c5-1-2-8-3-4(6)7/h5H,1-3H2,(H,6,7). The third-order valence-corrected chi connectivity index (χ3v) is 0.461. The zero-order chi connectivity index (χ0) is 6.41. The first-order valence-corrected chi connectivity index (χ1v) is 2.17. The van der Waals surface area contributed by atoms with E-state index in [-0.39, 0.29) is 19.8 Å². The van der Waals surface area contributed by atoms with Crippen LogP contribution in [0.3, 0.4) is 0 Å². The molecule has 0 unspecified atom stereocenters. The largest absolute Gasteiger partial charge is 0.480 e. The molecule has 4 nitrogen and oxygen atoms in total. The molecule has 0 aliphatic heterocycles. The maximum atomic E-state index is 9.67. The van der Waals surface area contributed by atoms with Crippen molar-refractivity contribution >= 4 is 5.97 Å². The van der Waals surface area contributed by atoms with E-state index in [9.17, 15) is 4.79 Å². The van der Waals surface area contributed by atoms with Crippen molar-refractivity contribution < 1.29 is 19.7 Å². The molecule has 0 atom stereocenters. The number of aliphatic hydroxyl groups is 1. The van der Waals surface area contributed by atoms with Crippen molar-refractivity contribution in [2.24, 2.45) is 0 Å². The first-order chi connectivity index (χ1) is 3.77. The molecule has 0 heterocycles. The lowest BCUT2D eigenvalue weighted by Crippen LogP contribution is -2.09. The number of carboxylic acids is 1. The normalized spacial score (nSPS) is 9.12. The molecular weight excluding hydrogens is 112 g/mol. The van der Waals surface area contributed by atoms with E-state index in [0.717, 1.165) is 0 Å². The summed E-state index contributed by atoms with van der Waals surface area (Å²) in [5.74, 6) is -1.02. The van der Waals surface area contributed by atoms with Gasteiger partial charge >= 0.3 is 5.97 Å². The Balaban J connectivity index is 2.82. The summed E-state index contributed by atoms with van der Waals surface area (Å²) in [6.07, 6.45) is 0. The fourth-order valence-corrected chi connectivity index (χ4v) is 0.224. The second-order valence-electron chi connectivity index (χ2n) is 1.17. The van der Waals surface area contributed by atoms with Gasteiger partial charge in [0.1, 0.15) is 6.61 Å². The van der Waals surface area contributed by atoms with E-state index < -0.39 is 5.97 Å². The van der Waals surface area contributed by atoms with Crippen molar-refractivity contribution in [2.75, 3.05) is 19.8 Å². The highest BCUT2D eigenvalue weighted by Gasteiger charge is 1.92. The van der Waals surface area contributed by atoms with Crippen LogP contribution in [0.25, 0.3) is 0 Å². The maximum Gasteiger partial charge on any atom is 0.329 e. The first kappa shape index (κ1) is 7.39. The van der Waals surface area contributed by atoms with Crippen LogP contribution in [-0.2, 0) is 9.53 Å². The van der Waals surface area contributed by atoms with Gasteiger partial charge in [-0.15, -0.1) is 0 Å². The molecule has 0 saturated heterocycles. The average molecular weight is 120 g/mol. The number of hydrogen-bond acceptors (Lipinski definition) is 3. The smallest absolute Gasteiger partial charge is 0.329 e. The fourth-order valence-electron chi connectivity index (χ4n) is 0.224. The molecule has 0 radical (unpaired) electrons. The van der Waals surface area contributed by atoms with Crippen molar-refractivity contribution in [1.82, 2.24) is 0 Å². The van der Waals surface area contributed by atoms with Crippen LogP contribution in [0.5, 0.6) is 0 Å². The molecule has 0 bridgehead atoms. The van der Waals surface area contributed by atoms with Gasteiger partial charge < -0.3 is 14.9 Å². The monoisotopic (exact) mass is 120 g/mol. The predicted molar refractivity (Wildman–Crippen MR) is 25.5 cm³/mol. The SMILES string of the molecule is O=C(O)COCCO. The molecule has 0 aliphatic carbocycles. The lowest BCUT2D eigenvalue weighted by atomic mass is 10.7. The highest BCUT2D eigenvalue weighted by molar-refractivity contribution is 5.67. The summed E-state index contributed by atoms with van der Waals surface area (Å²) >= 11 is 0. The predicted octanol–water partition coefficient (Wildman–Crippen LogP) is -0.920. The van der Waals surface area contributed by atoms with Crippen molar-refractivity contribution in [3.8, 4) is 0 Å². The second kappa shape index (κ2) is 4.55. The maximum absolute atomic E-state index is 9.67. The van der Waals surface area contributed by atoms with Crippen LogP contribution in [0.2, 0.25) is 0 Å². The molecule has 0 aromatic rings. The molecular formula is C4H8O4. The minimum Gasteiger partial charge on any atom is -0.480 e. The number of ether oxygens (including phenoxy) is 1. The number of carbonyl (C=O) groups is 1. The number of rotatable bonds is 4. The Kier molecular flexibility index (Phi) is 4.20. The van der Waals surface area contributed by atoms with Gasteiger partial charge in [0.05, 0.1) is 13.2 Å². The van der Waals surface area contributed by atoms with E-state index in [0.29, 0.717) is 0 Å². The minimum atomic E-state index is -1.02. The van der Waals surface area contributed by atoms with Crippen LogP contribution < -0.4 is 0 Å². The van der Waals surface area contributed by atoms with Crippen molar-refractivity contribution in [3.05, 3.63) is 0 Å². The summed E-state index contributed by atoms with van der Waals surface area (Å²) in [7, 11) is 0. The number of carboxylic acid groups (broad SMARTS) is 1. The van der Waals surface area contributed by atoms with Crippen molar-refractivity contribution in [2.45, 2.75) is 0 Å². The lowest BCUT2D eigenvalue weighted by Gasteiger charge is -1.93. The third-order valence-electron chi connectivity index (χ3n) is 0.461. The Hall–Kier alpha value is -0.610. The molecule has 0 fully saturated rings. The molecule has 0 spiro atoms. The van der Waals surface area contributed by atoms with Crippen molar-refractivity contribution in [1.29, 1.82) is 0 Å². The van der Waals surface area contributed by atoms with Crippen LogP contribution in [0, 0.1) is 0 Å². The van der Waals surface area contributed by atoms with E-state index in [1.807, 2.05) is 0 Å². The Morgan fingerprint density at radius 1 is 1.62 bits per heavy atom. The summed E-state index contributed by atoms with van der Waals surface area (Å²) in [6, 6.07) is 0. The van der Waals surface area contributed by atoms with Gasteiger partial charge in [-0.2, -0.15) is 0 Å². The number of aliphatic carboxylic acids is 1. The summed E-state index contributed by atoms with van der Waals surface area (Å²) in [4.78, 5) is 9.67. The summed E-state index contributed by atoms with van der Waals surface area (Å²) in [5.41, 5.74) is 0. The van der Waals surface area contributed by atoms with Crippen LogP contribution in [0.1, 0.15) is 0 Å². The Bertz CT molecular complexity index is 70.4. The second-order valence-corrected chi connectivity index (χ2v) is 1.17. The van der Waals surface area contributed by atoms with Gasteiger partial charge in [0.2, 0.25) is 0 Å². The topological polar surface area (TPSA) is 66.8 Å². The van der Waals surface area contributed by atoms with Gasteiger partial charge in [-0.05, 0) is 0 Å². The van der Waals surface area contributed by atoms with Gasteiger partial charge in [-0.3, -0.25) is 0 Å². The fraction of sp³-hybridized carbons (Fsp3) is 0.750. The highest BCUT2D eigenvalue weighted by Crippen LogP contribution is 1.70. The molecule has 8 heavy (non-hydrogen) atoms. The Labute approximate surface area is 46.7 Å². The zero-order valence-electron chi connectivity index (χ0n) is 4.33. The summed E-state index contributed by atoms with van der Waals surface area (Å²) in [6.45, 7) is -0.375. The van der Waals surface area contributed by atoms with Gasteiger partial charge in [-0.1, -0.05) is 0 Å². The van der Waals surface area contributed by atoms with E-state index >= 15 is 0 Å².